The van der Waals surface area contributed by atoms with Gasteiger partial charge in [0.05, 0.1) is 24.0 Å². The highest BCUT2D eigenvalue weighted by molar-refractivity contribution is 6.99. The highest BCUT2D eigenvalue weighted by Crippen LogP contribution is 2.44. The van der Waals surface area contributed by atoms with Crippen molar-refractivity contribution in [3.05, 3.63) is 35.0 Å². The number of furan rings is 1. The number of nitrogens with zero attached hydrogens (tertiary/aromatic N) is 5. The monoisotopic (exact) mass is 417 g/mol. The quantitative estimate of drug-likeness (QED) is 0.690. The maximum absolute atomic E-state index is 13.0. The average Bonchev–Trinajstić information content (AvgIpc) is 3.39. The van der Waals surface area contributed by atoms with Crippen LogP contribution in [0.4, 0.5) is 0 Å². The second kappa shape index (κ2) is 8.16. The molecule has 2 aromatic heterocycles. The zero-order chi connectivity index (χ0) is 20.6. The summed E-state index contributed by atoms with van der Waals surface area (Å²) in [6.45, 7) is 9.41. The van der Waals surface area contributed by atoms with Gasteiger partial charge in [-0.3, -0.25) is 9.69 Å². The molecule has 0 aromatic carbocycles. The standard InChI is InChI=1S/C21H31N5O2S/c1-5-6-17-7-8-18(28-17)11-25-9-16-10-26(14-21(16,13-25)12-24(3)4)20(27)19-15(2)22-29-23-19/h7-8,16H,5-6,9-14H2,1-4H3. The minimum absolute atomic E-state index is 0.0329. The second-order valence-electron chi connectivity index (χ2n) is 8.97. The van der Waals surface area contributed by atoms with E-state index < -0.39 is 0 Å². The van der Waals surface area contributed by atoms with Gasteiger partial charge < -0.3 is 14.2 Å². The fourth-order valence-corrected chi connectivity index (χ4v) is 5.64. The lowest BCUT2D eigenvalue weighted by atomic mass is 9.80. The Morgan fingerprint density at radius 2 is 2.07 bits per heavy atom. The van der Waals surface area contributed by atoms with Crippen LogP contribution in [0.2, 0.25) is 0 Å². The average molecular weight is 418 g/mol. The van der Waals surface area contributed by atoms with Crippen LogP contribution in [-0.2, 0) is 13.0 Å². The van der Waals surface area contributed by atoms with Crippen LogP contribution in [0.3, 0.4) is 0 Å². The molecule has 4 heterocycles. The molecule has 2 unspecified atom stereocenters. The first-order valence-corrected chi connectivity index (χ1v) is 11.2. The molecule has 0 saturated carbocycles. The Bertz CT molecular complexity index is 863. The van der Waals surface area contributed by atoms with Gasteiger partial charge >= 0.3 is 0 Å². The smallest absolute Gasteiger partial charge is 0.275 e. The molecule has 158 valence electrons. The van der Waals surface area contributed by atoms with Crippen molar-refractivity contribution in [1.82, 2.24) is 23.4 Å². The number of carbonyl (C=O) groups is 1. The number of amides is 1. The minimum Gasteiger partial charge on any atom is -0.465 e. The zero-order valence-corrected chi connectivity index (χ0v) is 18.7. The van der Waals surface area contributed by atoms with Crippen molar-refractivity contribution in [2.75, 3.05) is 46.8 Å². The topological polar surface area (TPSA) is 65.7 Å². The number of likely N-dealkylation sites (tertiary alicyclic amines) is 2. The molecular formula is C21H31N5O2S. The first-order valence-electron chi connectivity index (χ1n) is 10.4. The zero-order valence-electron chi connectivity index (χ0n) is 17.8. The van der Waals surface area contributed by atoms with Gasteiger partial charge in [0.15, 0.2) is 5.69 Å². The van der Waals surface area contributed by atoms with E-state index in [0.29, 0.717) is 11.6 Å². The Morgan fingerprint density at radius 3 is 2.76 bits per heavy atom. The summed E-state index contributed by atoms with van der Waals surface area (Å²) in [7, 11) is 4.24. The van der Waals surface area contributed by atoms with Gasteiger partial charge in [-0.15, -0.1) is 0 Å². The molecule has 0 N–H and O–H groups in total. The third-order valence-corrected chi connectivity index (χ3v) is 6.82. The van der Waals surface area contributed by atoms with E-state index in [1.807, 2.05) is 11.8 Å². The fraction of sp³-hybridized carbons (Fsp3) is 0.667. The van der Waals surface area contributed by atoms with Crippen LogP contribution in [0.5, 0.6) is 0 Å². The number of hydrogen-bond donors (Lipinski definition) is 0. The van der Waals surface area contributed by atoms with Crippen molar-refractivity contribution < 1.29 is 9.21 Å². The van der Waals surface area contributed by atoms with E-state index in [1.165, 1.54) is 0 Å². The van der Waals surface area contributed by atoms with Gasteiger partial charge in [-0.2, -0.15) is 8.75 Å². The van der Waals surface area contributed by atoms with E-state index in [9.17, 15) is 4.79 Å². The normalized spacial score (nSPS) is 24.6. The Balaban J connectivity index is 1.47. The lowest BCUT2D eigenvalue weighted by Gasteiger charge is -2.32. The lowest BCUT2D eigenvalue weighted by Crippen LogP contribution is -2.43. The molecule has 8 heteroatoms. The van der Waals surface area contributed by atoms with Gasteiger partial charge in [-0.25, -0.2) is 0 Å². The Hall–Kier alpha value is -1.77. The van der Waals surface area contributed by atoms with Crippen molar-refractivity contribution in [3.8, 4) is 0 Å². The molecule has 0 aliphatic carbocycles. The van der Waals surface area contributed by atoms with E-state index in [4.69, 9.17) is 4.42 Å². The molecule has 0 bridgehead atoms. The van der Waals surface area contributed by atoms with E-state index in [1.54, 1.807) is 0 Å². The van der Waals surface area contributed by atoms with Crippen LogP contribution >= 0.6 is 11.7 Å². The number of rotatable bonds is 7. The van der Waals surface area contributed by atoms with Crippen molar-refractivity contribution >= 4 is 17.6 Å². The molecule has 1 amide bonds. The summed E-state index contributed by atoms with van der Waals surface area (Å²) in [5.41, 5.74) is 1.35. The third kappa shape index (κ3) is 4.11. The maximum Gasteiger partial charge on any atom is 0.275 e. The largest absolute Gasteiger partial charge is 0.465 e. The predicted molar refractivity (Wildman–Crippen MR) is 113 cm³/mol. The van der Waals surface area contributed by atoms with Crippen molar-refractivity contribution in [1.29, 1.82) is 0 Å². The molecule has 2 aromatic rings. The van der Waals surface area contributed by atoms with E-state index in [0.717, 1.165) is 81.1 Å². The molecule has 0 spiro atoms. The number of hydrogen-bond acceptors (Lipinski definition) is 7. The van der Waals surface area contributed by atoms with Crippen molar-refractivity contribution in [3.63, 3.8) is 0 Å². The Kier molecular flexibility index (Phi) is 5.77. The van der Waals surface area contributed by atoms with Crippen LogP contribution in [0, 0.1) is 18.3 Å². The second-order valence-corrected chi connectivity index (χ2v) is 9.50. The Labute approximate surface area is 177 Å². The SMILES string of the molecule is CCCc1ccc(CN2CC3CN(C(=O)c4nsnc4C)CC3(CN(C)C)C2)o1. The molecular weight excluding hydrogens is 386 g/mol. The summed E-state index contributed by atoms with van der Waals surface area (Å²) < 4.78 is 14.4. The summed E-state index contributed by atoms with van der Waals surface area (Å²) in [6.07, 6.45) is 2.09. The molecule has 2 aliphatic rings. The molecule has 0 radical (unpaired) electrons. The van der Waals surface area contributed by atoms with Gasteiger partial charge in [-0.1, -0.05) is 6.92 Å². The number of aryl methyl sites for hydroxylation is 2. The molecule has 2 aliphatic heterocycles. The van der Waals surface area contributed by atoms with Crippen LogP contribution in [0.25, 0.3) is 0 Å². The number of fused-ring (bicyclic) bond motifs is 1. The minimum atomic E-state index is 0.0329. The first kappa shape index (κ1) is 20.5. The highest BCUT2D eigenvalue weighted by Gasteiger charge is 2.53. The summed E-state index contributed by atoms with van der Waals surface area (Å²) in [4.78, 5) is 19.8. The Morgan fingerprint density at radius 1 is 1.28 bits per heavy atom. The number of carbonyl (C=O) groups excluding carboxylic acids is 1. The van der Waals surface area contributed by atoms with Gasteiger partial charge in [0.2, 0.25) is 0 Å². The summed E-state index contributed by atoms with van der Waals surface area (Å²) in [5, 5.41) is 0. The molecule has 2 fully saturated rings. The fourth-order valence-electron chi connectivity index (χ4n) is 5.10. The van der Waals surface area contributed by atoms with Gasteiger partial charge in [0.25, 0.3) is 5.91 Å². The van der Waals surface area contributed by atoms with Crippen molar-refractivity contribution in [2.24, 2.45) is 11.3 Å². The van der Waals surface area contributed by atoms with Crippen LogP contribution < -0.4 is 0 Å². The van der Waals surface area contributed by atoms with Gasteiger partial charge in [0, 0.05) is 44.6 Å². The predicted octanol–water partition coefficient (Wildman–Crippen LogP) is 2.53. The lowest BCUT2D eigenvalue weighted by molar-refractivity contribution is 0.0741. The van der Waals surface area contributed by atoms with E-state index in [-0.39, 0.29) is 11.3 Å². The first-order chi connectivity index (χ1) is 13.9. The molecule has 2 atom stereocenters. The summed E-state index contributed by atoms with van der Waals surface area (Å²) in [6, 6.07) is 4.22. The van der Waals surface area contributed by atoms with Gasteiger partial charge in [-0.05, 0) is 45.5 Å². The summed E-state index contributed by atoms with van der Waals surface area (Å²) >= 11 is 1.12. The maximum atomic E-state index is 13.0. The highest BCUT2D eigenvalue weighted by atomic mass is 32.1. The number of aromatic nitrogens is 2. The van der Waals surface area contributed by atoms with Crippen molar-refractivity contribution in [2.45, 2.75) is 33.2 Å². The van der Waals surface area contributed by atoms with Crippen LogP contribution in [-0.4, -0.2) is 76.2 Å². The third-order valence-electron chi connectivity index (χ3n) is 6.20. The summed E-state index contributed by atoms with van der Waals surface area (Å²) in [5.74, 6) is 2.62. The van der Waals surface area contributed by atoms with E-state index >= 15 is 0 Å². The van der Waals surface area contributed by atoms with Crippen LogP contribution in [0.15, 0.2) is 16.5 Å². The van der Waals surface area contributed by atoms with Crippen LogP contribution in [0.1, 0.15) is 41.0 Å². The van der Waals surface area contributed by atoms with Gasteiger partial charge in [0.1, 0.15) is 11.5 Å². The molecule has 7 nitrogen and oxygen atoms in total. The molecule has 29 heavy (non-hydrogen) atoms. The molecule has 4 rings (SSSR count). The molecule has 2 saturated heterocycles. The van der Waals surface area contributed by atoms with E-state index in [2.05, 4.69) is 51.7 Å².